The van der Waals surface area contributed by atoms with Crippen molar-refractivity contribution in [3.05, 3.63) is 34.3 Å². The summed E-state index contributed by atoms with van der Waals surface area (Å²) < 4.78 is 1.09. The zero-order valence-corrected chi connectivity index (χ0v) is 14.6. The summed E-state index contributed by atoms with van der Waals surface area (Å²) >= 11 is 3.44. The van der Waals surface area contributed by atoms with E-state index in [1.165, 1.54) is 29.7 Å². The van der Waals surface area contributed by atoms with Gasteiger partial charge in [0, 0.05) is 16.1 Å². The molecule has 3 atom stereocenters. The summed E-state index contributed by atoms with van der Waals surface area (Å²) in [6, 6.07) is 8.69. The fourth-order valence-electron chi connectivity index (χ4n) is 3.08. The zero-order chi connectivity index (χ0) is 15.2. The molecule has 2 rings (SSSR count). The average Bonchev–Trinajstić information content (AvgIpc) is 2.44. The highest BCUT2D eigenvalue weighted by Gasteiger charge is 2.23. The normalized spacial score (nSPS) is 23.6. The molecule has 0 saturated heterocycles. The predicted octanol–water partition coefficient (Wildman–Crippen LogP) is 2.16. The van der Waals surface area contributed by atoms with Crippen molar-refractivity contribution in [3.63, 3.8) is 0 Å². The van der Waals surface area contributed by atoms with Crippen molar-refractivity contribution in [1.82, 2.24) is 5.32 Å². The van der Waals surface area contributed by atoms with E-state index in [1.807, 2.05) is 12.1 Å². The van der Waals surface area contributed by atoms with E-state index in [-0.39, 0.29) is 5.91 Å². The van der Waals surface area contributed by atoms with Crippen LogP contribution in [0.1, 0.15) is 38.2 Å². The molecule has 3 nitrogen and oxygen atoms in total. The van der Waals surface area contributed by atoms with Crippen LogP contribution < -0.4 is 10.2 Å². The van der Waals surface area contributed by atoms with Gasteiger partial charge in [-0.25, -0.2) is 0 Å². The van der Waals surface area contributed by atoms with Crippen LogP contribution in [0.25, 0.3) is 0 Å². The number of hydrogen-bond acceptors (Lipinski definition) is 1. The van der Waals surface area contributed by atoms with Crippen LogP contribution in [0.2, 0.25) is 0 Å². The fourth-order valence-corrected chi connectivity index (χ4v) is 3.34. The maximum atomic E-state index is 12.2. The lowest BCUT2D eigenvalue weighted by molar-refractivity contribution is -0.885. The largest absolute Gasteiger partial charge is 0.348 e. The number of benzene rings is 1. The van der Waals surface area contributed by atoms with Crippen molar-refractivity contribution in [2.75, 3.05) is 13.6 Å². The van der Waals surface area contributed by atoms with Gasteiger partial charge >= 0.3 is 0 Å². The van der Waals surface area contributed by atoms with Crippen LogP contribution in [0.3, 0.4) is 0 Å². The Morgan fingerprint density at radius 2 is 1.95 bits per heavy atom. The first kappa shape index (κ1) is 16.5. The molecule has 1 aromatic carbocycles. The molecule has 1 aromatic rings. The Balaban J connectivity index is 1.77. The highest BCUT2D eigenvalue weighted by Crippen LogP contribution is 2.23. The first-order chi connectivity index (χ1) is 10.0. The predicted molar refractivity (Wildman–Crippen MR) is 89.2 cm³/mol. The summed E-state index contributed by atoms with van der Waals surface area (Å²) in [5, 5.41) is 3.23. The number of halogens is 1. The molecule has 1 fully saturated rings. The van der Waals surface area contributed by atoms with Crippen molar-refractivity contribution in [3.8, 4) is 0 Å². The van der Waals surface area contributed by atoms with Crippen molar-refractivity contribution >= 4 is 21.8 Å². The van der Waals surface area contributed by atoms with Gasteiger partial charge in [-0.2, -0.15) is 0 Å². The minimum Gasteiger partial charge on any atom is -0.348 e. The van der Waals surface area contributed by atoms with E-state index in [0.717, 1.165) is 17.4 Å². The van der Waals surface area contributed by atoms with Crippen LogP contribution in [-0.4, -0.2) is 25.5 Å². The second-order valence-electron chi connectivity index (χ2n) is 6.37. The van der Waals surface area contributed by atoms with Gasteiger partial charge in [-0.05, 0) is 30.9 Å². The van der Waals surface area contributed by atoms with Gasteiger partial charge in [-0.3, -0.25) is 4.79 Å². The molecule has 116 valence electrons. The van der Waals surface area contributed by atoms with Gasteiger partial charge in [0.25, 0.3) is 5.91 Å². The number of quaternary nitrogens is 1. The molecular weight excluding hydrogens is 328 g/mol. The van der Waals surface area contributed by atoms with Crippen LogP contribution in [0.15, 0.2) is 28.7 Å². The number of carbonyl (C=O) groups excluding carboxylic acids is 1. The topological polar surface area (TPSA) is 33.5 Å². The van der Waals surface area contributed by atoms with Crippen molar-refractivity contribution in [2.45, 2.75) is 45.2 Å². The molecule has 0 aromatic heterocycles. The van der Waals surface area contributed by atoms with E-state index in [0.29, 0.717) is 18.5 Å². The molecule has 0 aliphatic heterocycles. The molecule has 4 heteroatoms. The Morgan fingerprint density at radius 1 is 1.29 bits per heavy atom. The Hall–Kier alpha value is -0.870. The number of amides is 1. The molecule has 0 spiro atoms. The van der Waals surface area contributed by atoms with Gasteiger partial charge in [-0.15, -0.1) is 0 Å². The SMILES string of the molecule is C[C@H]1CCCC[C@@H]1NC(=O)C[NH+](C)Cc1ccc(Br)cc1. The molecule has 0 radical (unpaired) electrons. The third-order valence-electron chi connectivity index (χ3n) is 4.34. The number of likely N-dealkylation sites (N-methyl/N-ethyl adjacent to an activating group) is 1. The molecule has 0 bridgehead atoms. The maximum absolute atomic E-state index is 12.2. The van der Waals surface area contributed by atoms with Gasteiger partial charge in [0.1, 0.15) is 6.54 Å². The number of rotatable bonds is 5. The van der Waals surface area contributed by atoms with Gasteiger partial charge < -0.3 is 10.2 Å². The van der Waals surface area contributed by atoms with E-state index in [1.54, 1.807) is 0 Å². The number of nitrogens with one attached hydrogen (secondary N) is 2. The second-order valence-corrected chi connectivity index (χ2v) is 7.29. The lowest BCUT2D eigenvalue weighted by Crippen LogP contribution is -3.09. The van der Waals surface area contributed by atoms with E-state index in [9.17, 15) is 4.79 Å². The first-order valence-corrected chi connectivity index (χ1v) is 8.69. The first-order valence-electron chi connectivity index (χ1n) is 7.89. The summed E-state index contributed by atoms with van der Waals surface area (Å²) in [5.41, 5.74) is 1.26. The summed E-state index contributed by atoms with van der Waals surface area (Å²) in [5.74, 6) is 0.804. The number of hydrogen-bond donors (Lipinski definition) is 2. The Kier molecular flexibility index (Phi) is 6.24. The van der Waals surface area contributed by atoms with Gasteiger partial charge in [0.15, 0.2) is 6.54 Å². The lowest BCUT2D eigenvalue weighted by Gasteiger charge is -2.29. The Bertz CT molecular complexity index is 460. The third-order valence-corrected chi connectivity index (χ3v) is 4.87. The molecule has 21 heavy (non-hydrogen) atoms. The van der Waals surface area contributed by atoms with E-state index in [4.69, 9.17) is 0 Å². The average molecular weight is 354 g/mol. The van der Waals surface area contributed by atoms with E-state index >= 15 is 0 Å². The molecule has 2 N–H and O–H groups in total. The van der Waals surface area contributed by atoms with Crippen molar-refractivity contribution < 1.29 is 9.69 Å². The quantitative estimate of drug-likeness (QED) is 0.835. The van der Waals surface area contributed by atoms with Gasteiger partial charge in [0.2, 0.25) is 0 Å². The molecular formula is C17H26BrN2O+. The fraction of sp³-hybridized carbons (Fsp3) is 0.588. The highest BCUT2D eigenvalue weighted by atomic mass is 79.9. The smallest absolute Gasteiger partial charge is 0.275 e. The number of carbonyl (C=O) groups is 1. The van der Waals surface area contributed by atoms with Crippen molar-refractivity contribution in [2.24, 2.45) is 5.92 Å². The Labute approximate surface area is 136 Å². The Morgan fingerprint density at radius 3 is 2.62 bits per heavy atom. The summed E-state index contributed by atoms with van der Waals surface area (Å²) in [6.07, 6.45) is 4.93. The summed E-state index contributed by atoms with van der Waals surface area (Å²) in [7, 11) is 2.08. The van der Waals surface area contributed by atoms with Crippen LogP contribution >= 0.6 is 15.9 Å². The highest BCUT2D eigenvalue weighted by molar-refractivity contribution is 9.10. The molecule has 1 aliphatic carbocycles. The molecule has 1 aliphatic rings. The zero-order valence-electron chi connectivity index (χ0n) is 13.0. The monoisotopic (exact) mass is 353 g/mol. The second kappa shape index (κ2) is 7.95. The minimum atomic E-state index is 0.184. The van der Waals surface area contributed by atoms with Crippen LogP contribution in [0.4, 0.5) is 0 Å². The minimum absolute atomic E-state index is 0.184. The van der Waals surface area contributed by atoms with Crippen LogP contribution in [0.5, 0.6) is 0 Å². The third kappa shape index (κ3) is 5.44. The van der Waals surface area contributed by atoms with Crippen LogP contribution in [-0.2, 0) is 11.3 Å². The molecule has 1 unspecified atom stereocenters. The van der Waals surface area contributed by atoms with E-state index in [2.05, 4.69) is 47.4 Å². The molecule has 1 amide bonds. The molecule has 1 saturated carbocycles. The summed E-state index contributed by atoms with van der Waals surface area (Å²) in [6.45, 7) is 3.67. The van der Waals surface area contributed by atoms with E-state index < -0.39 is 0 Å². The van der Waals surface area contributed by atoms with Crippen molar-refractivity contribution in [1.29, 1.82) is 0 Å². The lowest BCUT2D eigenvalue weighted by atomic mass is 9.86. The summed E-state index contributed by atoms with van der Waals surface area (Å²) in [4.78, 5) is 13.4. The van der Waals surface area contributed by atoms with Gasteiger partial charge in [0.05, 0.1) is 7.05 Å². The standard InChI is InChI=1S/C17H25BrN2O/c1-13-5-3-4-6-16(13)19-17(21)12-20(2)11-14-7-9-15(18)10-8-14/h7-10,13,16H,3-6,11-12H2,1-2H3,(H,19,21)/p+1/t13-,16-/m0/s1. The maximum Gasteiger partial charge on any atom is 0.275 e. The molecule has 0 heterocycles. The van der Waals surface area contributed by atoms with Gasteiger partial charge in [-0.1, -0.05) is 47.8 Å². The van der Waals surface area contributed by atoms with Crippen LogP contribution in [0, 0.1) is 5.92 Å².